The first-order chi connectivity index (χ1) is 34.0. The third-order valence-corrected chi connectivity index (χ3v) is 13.8. The first-order valence-corrected chi connectivity index (χ1v) is 23.8. The summed E-state index contributed by atoms with van der Waals surface area (Å²) in [4.78, 5) is 26.6. The van der Waals surface area contributed by atoms with E-state index in [1.807, 2.05) is 111 Å². The molecule has 0 atom stereocenters. The topological polar surface area (TPSA) is 79.8 Å². The maximum absolute atomic E-state index is 4.46. The normalized spacial score (nSPS) is 12.9. The fourth-order valence-corrected chi connectivity index (χ4v) is 10.1. The van der Waals surface area contributed by atoms with Crippen LogP contribution in [0.15, 0.2) is 194 Å². The third-order valence-electron chi connectivity index (χ3n) is 13.8. The van der Waals surface area contributed by atoms with Gasteiger partial charge in [0.05, 0.1) is 0 Å². The molecule has 0 saturated carbocycles. The standard InChI is InChI=1S/2C20H16N.2C12H9N2.2Pt/c2*1-20(2)17-8-4-3-7-15(17)16-11-10-14(13-18(16)20)19-9-5-6-12-21-19;2*1-8-6-7-10-9-4-2-3-5-11(9)14-12(10)13-8;;/h2*3-9,11-13H,1-2H3;2*2-7H,1H3;;/q4*-1;2*+2. The molecule has 6 aromatic heterocycles. The molecule has 0 N–H and O–H groups in total. The van der Waals surface area contributed by atoms with Crippen LogP contribution in [0.5, 0.6) is 0 Å². The van der Waals surface area contributed by atoms with Crippen LogP contribution in [0.1, 0.15) is 61.3 Å². The van der Waals surface area contributed by atoms with Crippen LogP contribution < -0.4 is 9.97 Å². The average Bonchev–Trinajstić information content (AvgIpc) is 4.09. The fourth-order valence-electron chi connectivity index (χ4n) is 10.1. The molecule has 6 heterocycles. The number of hydrogen-bond donors (Lipinski definition) is 0. The van der Waals surface area contributed by atoms with Gasteiger partial charge >= 0.3 is 42.1 Å². The fraction of sp³-hybridized carbons (Fsp3) is 0.125. The number of pyridine rings is 4. The molecule has 14 rings (SSSR count). The number of hydrogen-bond acceptors (Lipinski definition) is 4. The zero-order chi connectivity index (χ0) is 48.0. The van der Waals surface area contributed by atoms with Crippen LogP contribution in [0.2, 0.25) is 0 Å². The average molecular weight is 1290 g/mol. The van der Waals surface area contributed by atoms with Gasteiger partial charge in [0.1, 0.15) is 0 Å². The van der Waals surface area contributed by atoms with Gasteiger partial charge in [0.2, 0.25) is 0 Å². The van der Waals surface area contributed by atoms with E-state index in [-0.39, 0.29) is 53.0 Å². The van der Waals surface area contributed by atoms with Gasteiger partial charge in [-0.3, -0.25) is 0 Å². The molecule has 6 nitrogen and oxygen atoms in total. The van der Waals surface area contributed by atoms with Crippen molar-refractivity contribution < 1.29 is 42.1 Å². The third kappa shape index (κ3) is 9.31. The monoisotopic (exact) mass is 1290 g/mol. The number of rotatable bonds is 2. The number of benzene rings is 6. The molecular formula is C64H50N6Pt2. The molecule has 72 heavy (non-hydrogen) atoms. The van der Waals surface area contributed by atoms with Crippen molar-refractivity contribution in [1.82, 2.24) is 29.9 Å². The molecule has 0 fully saturated rings. The van der Waals surface area contributed by atoms with E-state index >= 15 is 0 Å². The molecule has 6 aromatic carbocycles. The predicted molar refractivity (Wildman–Crippen MR) is 287 cm³/mol. The van der Waals surface area contributed by atoms with Crippen molar-refractivity contribution in [3.63, 3.8) is 0 Å². The molecule has 0 amide bonds. The van der Waals surface area contributed by atoms with E-state index in [4.69, 9.17) is 0 Å². The van der Waals surface area contributed by atoms with Crippen molar-refractivity contribution in [2.75, 3.05) is 0 Å². The number of aromatic nitrogens is 6. The number of fused-ring (bicyclic) bond motifs is 12. The second-order valence-electron chi connectivity index (χ2n) is 19.0. The van der Waals surface area contributed by atoms with E-state index in [0.717, 1.165) is 67.0 Å². The summed E-state index contributed by atoms with van der Waals surface area (Å²) >= 11 is 0. The Hall–Kier alpha value is -7.10. The minimum atomic E-state index is 0. The maximum Gasteiger partial charge on any atom is 2.00 e. The Morgan fingerprint density at radius 3 is 1.19 bits per heavy atom. The van der Waals surface area contributed by atoms with E-state index in [0.29, 0.717) is 0 Å². The Morgan fingerprint density at radius 2 is 0.778 bits per heavy atom. The van der Waals surface area contributed by atoms with E-state index in [2.05, 4.69) is 167 Å². The summed E-state index contributed by atoms with van der Waals surface area (Å²) in [7, 11) is 0. The van der Waals surface area contributed by atoms with Gasteiger partial charge < -0.3 is 29.9 Å². The Morgan fingerprint density at radius 1 is 0.389 bits per heavy atom. The molecule has 0 bridgehead atoms. The number of aryl methyl sites for hydroxylation is 2. The number of para-hydroxylation sites is 2. The molecule has 356 valence electrons. The maximum atomic E-state index is 4.46. The van der Waals surface area contributed by atoms with Crippen LogP contribution in [-0.2, 0) is 53.0 Å². The van der Waals surface area contributed by atoms with E-state index in [1.54, 1.807) is 0 Å². The summed E-state index contributed by atoms with van der Waals surface area (Å²) in [6.07, 6.45) is 3.66. The first kappa shape index (κ1) is 49.9. The molecule has 8 heteroatoms. The van der Waals surface area contributed by atoms with Crippen molar-refractivity contribution in [2.45, 2.75) is 52.4 Å². The molecule has 0 spiro atoms. The van der Waals surface area contributed by atoms with Gasteiger partial charge in [0.25, 0.3) is 0 Å². The summed E-state index contributed by atoms with van der Waals surface area (Å²) in [6.45, 7) is 13.1. The van der Waals surface area contributed by atoms with Gasteiger partial charge in [-0.2, -0.15) is 0 Å². The van der Waals surface area contributed by atoms with Gasteiger partial charge in [0, 0.05) is 12.4 Å². The molecule has 12 aromatic rings. The summed E-state index contributed by atoms with van der Waals surface area (Å²) < 4.78 is 0. The minimum absolute atomic E-state index is 0. The molecule has 0 radical (unpaired) electrons. The zero-order valence-corrected chi connectivity index (χ0v) is 45.3. The Labute approximate surface area is 450 Å². The smallest absolute Gasteiger partial charge is 0.439 e. The van der Waals surface area contributed by atoms with E-state index < -0.39 is 0 Å². The van der Waals surface area contributed by atoms with Crippen molar-refractivity contribution in [2.24, 2.45) is 0 Å². The Balaban J connectivity index is 0.000000119. The first-order valence-electron chi connectivity index (χ1n) is 23.8. The van der Waals surface area contributed by atoms with Gasteiger partial charge in [-0.15, -0.1) is 58.7 Å². The molecule has 2 aliphatic rings. The largest absolute Gasteiger partial charge is 2.00 e. The van der Waals surface area contributed by atoms with Crippen molar-refractivity contribution in [3.05, 3.63) is 240 Å². The van der Waals surface area contributed by atoms with Gasteiger partial charge in [0.15, 0.2) is 0 Å². The van der Waals surface area contributed by atoms with Crippen LogP contribution in [0, 0.1) is 26.0 Å². The second-order valence-corrected chi connectivity index (χ2v) is 19.0. The van der Waals surface area contributed by atoms with Crippen molar-refractivity contribution >= 4 is 43.9 Å². The van der Waals surface area contributed by atoms with Crippen LogP contribution in [-0.4, -0.2) is 19.9 Å². The van der Waals surface area contributed by atoms with Gasteiger partial charge in [-0.25, -0.2) is 0 Å². The quantitative estimate of drug-likeness (QED) is 0.160. The number of nitrogens with zero attached hydrogens (tertiary/aromatic N) is 6. The van der Waals surface area contributed by atoms with Crippen LogP contribution >= 0.6 is 0 Å². The van der Waals surface area contributed by atoms with E-state index in [9.17, 15) is 0 Å². The SMILES string of the molecule is CC1(C)c2ccccc2-c2c[c-]c(-c3ccccn3)cc21.CC1(C)c2ccccc2-c2c[c-]c(-c3ccccn3)cc21.Cc1ccc2c(n1)[n-]c1ccccc12.Cc1ccc2c(n1)[n-]c1ccccc12.[Pt+2].[Pt+2]. The van der Waals surface area contributed by atoms with Gasteiger partial charge in [-0.1, -0.05) is 218 Å². The van der Waals surface area contributed by atoms with Crippen LogP contribution in [0.4, 0.5) is 0 Å². The summed E-state index contributed by atoms with van der Waals surface area (Å²) in [6, 6.07) is 69.4. The molecule has 0 unspecified atom stereocenters. The van der Waals surface area contributed by atoms with Crippen molar-refractivity contribution in [1.29, 1.82) is 0 Å². The summed E-state index contributed by atoms with van der Waals surface area (Å²) in [5, 5.41) is 4.67. The van der Waals surface area contributed by atoms with Crippen LogP contribution in [0.3, 0.4) is 0 Å². The van der Waals surface area contributed by atoms with E-state index in [1.165, 1.54) is 55.3 Å². The molecule has 0 aliphatic heterocycles. The zero-order valence-electron chi connectivity index (χ0n) is 40.8. The summed E-state index contributed by atoms with van der Waals surface area (Å²) in [5.41, 5.74) is 20.7. The molecule has 0 saturated heterocycles. The minimum Gasteiger partial charge on any atom is -0.439 e. The second kappa shape index (κ2) is 20.6. The molecular weight excluding hydrogens is 1240 g/mol. The Bertz CT molecular complexity index is 3620. The Kier molecular flexibility index (Phi) is 14.2. The van der Waals surface area contributed by atoms with Gasteiger partial charge in [-0.05, 0) is 91.9 Å². The van der Waals surface area contributed by atoms with Crippen molar-refractivity contribution in [3.8, 4) is 44.8 Å². The van der Waals surface area contributed by atoms with Crippen LogP contribution in [0.25, 0.3) is 88.6 Å². The summed E-state index contributed by atoms with van der Waals surface area (Å²) in [5.74, 6) is 0. The predicted octanol–water partition coefficient (Wildman–Crippen LogP) is 15.0. The molecule has 2 aliphatic carbocycles.